The Morgan fingerprint density at radius 3 is 2.15 bits per heavy atom. The Morgan fingerprint density at radius 1 is 1.25 bits per heavy atom. The van der Waals surface area contributed by atoms with Crippen LogP contribution in [0.5, 0.6) is 0 Å². The molecule has 0 radical (unpaired) electrons. The monoisotopic (exact) mass is 285 g/mol. The molecule has 2 aliphatic rings. The van der Waals surface area contributed by atoms with Crippen LogP contribution in [0.15, 0.2) is 0 Å². The van der Waals surface area contributed by atoms with Crippen LogP contribution in [0.4, 0.5) is 4.79 Å². The van der Waals surface area contributed by atoms with E-state index in [1.807, 2.05) is 20.8 Å². The van der Waals surface area contributed by atoms with Crippen LogP contribution in [0.25, 0.3) is 0 Å². The zero-order valence-electron chi connectivity index (χ0n) is 12.2. The van der Waals surface area contributed by atoms with Crippen molar-refractivity contribution in [2.24, 2.45) is 11.5 Å². The van der Waals surface area contributed by atoms with Crippen molar-refractivity contribution in [2.75, 3.05) is 13.2 Å². The van der Waals surface area contributed by atoms with E-state index in [1.54, 1.807) is 4.90 Å². The van der Waals surface area contributed by atoms with E-state index in [-0.39, 0.29) is 18.2 Å². The van der Waals surface area contributed by atoms with Crippen LogP contribution in [0.3, 0.4) is 0 Å². The molecule has 2 bridgehead atoms. The predicted molar refractivity (Wildman–Crippen MR) is 71.8 cm³/mol. The summed E-state index contributed by atoms with van der Waals surface area (Å²) >= 11 is 0. The average Bonchev–Trinajstić information content (AvgIpc) is 2.24. The molecule has 2 heterocycles. The second-order valence-electron chi connectivity index (χ2n) is 6.66. The summed E-state index contributed by atoms with van der Waals surface area (Å²) in [5.74, 6) is -0.529. The van der Waals surface area contributed by atoms with Crippen molar-refractivity contribution in [1.29, 1.82) is 0 Å². The van der Waals surface area contributed by atoms with Gasteiger partial charge in [0.05, 0.1) is 30.8 Å². The van der Waals surface area contributed by atoms with Gasteiger partial charge in [-0.05, 0) is 33.6 Å². The number of ether oxygens (including phenoxy) is 2. The highest BCUT2D eigenvalue weighted by atomic mass is 16.6. The molecule has 7 nitrogen and oxygen atoms in total. The number of primary amides is 1. The molecule has 0 aromatic heterocycles. The molecule has 0 aromatic rings. The molecule has 2 atom stereocenters. The molecule has 4 N–H and O–H groups in total. The summed E-state index contributed by atoms with van der Waals surface area (Å²) in [5, 5.41) is 0. The molecule has 2 fully saturated rings. The van der Waals surface area contributed by atoms with Crippen LogP contribution in [-0.2, 0) is 14.3 Å². The predicted octanol–water partition coefficient (Wildman–Crippen LogP) is -0.0325. The molecule has 114 valence electrons. The van der Waals surface area contributed by atoms with E-state index >= 15 is 0 Å². The summed E-state index contributed by atoms with van der Waals surface area (Å²) in [7, 11) is 0. The smallest absolute Gasteiger partial charge is 0.410 e. The average molecular weight is 285 g/mol. The number of carbonyl (C=O) groups is 2. The van der Waals surface area contributed by atoms with Crippen molar-refractivity contribution in [2.45, 2.75) is 56.8 Å². The summed E-state index contributed by atoms with van der Waals surface area (Å²) in [4.78, 5) is 25.5. The number of amides is 2. The van der Waals surface area contributed by atoms with E-state index in [9.17, 15) is 9.59 Å². The molecule has 2 unspecified atom stereocenters. The van der Waals surface area contributed by atoms with Gasteiger partial charge in [0.25, 0.3) is 0 Å². The van der Waals surface area contributed by atoms with Gasteiger partial charge >= 0.3 is 6.09 Å². The maximum Gasteiger partial charge on any atom is 0.410 e. The number of nitrogens with zero attached hydrogens (tertiary/aromatic N) is 1. The number of nitrogens with two attached hydrogens (primary N) is 2. The minimum absolute atomic E-state index is 0.269. The minimum atomic E-state index is -1.07. The maximum absolute atomic E-state index is 12.3. The normalized spacial score (nSPS) is 33.7. The van der Waals surface area contributed by atoms with Crippen LogP contribution in [0.1, 0.15) is 33.6 Å². The Hall–Kier alpha value is -1.34. The molecule has 2 rings (SSSR count). The maximum atomic E-state index is 12.3. The second-order valence-corrected chi connectivity index (χ2v) is 6.66. The first-order valence-corrected chi connectivity index (χ1v) is 6.80. The topological polar surface area (TPSA) is 108 Å². The van der Waals surface area contributed by atoms with Crippen molar-refractivity contribution in [3.63, 3.8) is 0 Å². The highest BCUT2D eigenvalue weighted by molar-refractivity contribution is 5.85. The molecule has 0 aliphatic carbocycles. The Morgan fingerprint density at radius 2 is 1.75 bits per heavy atom. The van der Waals surface area contributed by atoms with Crippen LogP contribution >= 0.6 is 0 Å². The third kappa shape index (κ3) is 2.88. The minimum Gasteiger partial charge on any atom is -0.444 e. The molecule has 0 spiro atoms. The van der Waals surface area contributed by atoms with E-state index in [2.05, 4.69) is 0 Å². The highest BCUT2D eigenvalue weighted by Crippen LogP contribution is 2.34. The number of hydrogen-bond acceptors (Lipinski definition) is 5. The van der Waals surface area contributed by atoms with Gasteiger partial charge < -0.3 is 20.9 Å². The summed E-state index contributed by atoms with van der Waals surface area (Å²) in [6.45, 7) is 6.15. The largest absolute Gasteiger partial charge is 0.444 e. The van der Waals surface area contributed by atoms with Gasteiger partial charge in [-0.2, -0.15) is 0 Å². The van der Waals surface area contributed by atoms with Gasteiger partial charge in [0.1, 0.15) is 5.60 Å². The molecule has 0 aromatic carbocycles. The molecule has 2 aliphatic heterocycles. The van der Waals surface area contributed by atoms with Gasteiger partial charge in [-0.1, -0.05) is 0 Å². The number of rotatable bonds is 1. The van der Waals surface area contributed by atoms with E-state index in [4.69, 9.17) is 20.9 Å². The first-order valence-electron chi connectivity index (χ1n) is 6.80. The van der Waals surface area contributed by atoms with Crippen LogP contribution in [0.2, 0.25) is 0 Å². The van der Waals surface area contributed by atoms with Crippen molar-refractivity contribution in [1.82, 2.24) is 4.90 Å². The summed E-state index contributed by atoms with van der Waals surface area (Å²) in [5.41, 5.74) is 9.83. The van der Waals surface area contributed by atoms with Gasteiger partial charge in [-0.15, -0.1) is 0 Å². The van der Waals surface area contributed by atoms with Crippen molar-refractivity contribution in [3.05, 3.63) is 0 Å². The zero-order chi connectivity index (χ0) is 15.1. The number of hydrogen-bond donors (Lipinski definition) is 2. The fourth-order valence-corrected chi connectivity index (χ4v) is 2.85. The lowest BCUT2D eigenvalue weighted by molar-refractivity contribution is -0.134. The SMILES string of the molecule is CC(C)(C)OC(=O)N1C2COCC1CC(N)(C(N)=O)C2. The Bertz CT molecular complexity index is 404. The second kappa shape index (κ2) is 4.89. The molecule has 2 saturated heterocycles. The lowest BCUT2D eigenvalue weighted by Crippen LogP contribution is -2.69. The van der Waals surface area contributed by atoms with E-state index in [0.717, 1.165) is 0 Å². The van der Waals surface area contributed by atoms with Crippen LogP contribution in [-0.4, -0.2) is 53.3 Å². The number of carbonyl (C=O) groups excluding carboxylic acids is 2. The lowest BCUT2D eigenvalue weighted by Gasteiger charge is -2.50. The van der Waals surface area contributed by atoms with Crippen molar-refractivity contribution >= 4 is 12.0 Å². The number of piperidine rings is 1. The molecule has 20 heavy (non-hydrogen) atoms. The molecular formula is C13H23N3O4. The summed E-state index contributed by atoms with van der Waals surface area (Å²) < 4.78 is 10.9. The standard InChI is InChI=1S/C13H23N3O4/c1-12(2,3)20-11(18)16-8-4-13(15,10(14)17)5-9(16)7-19-6-8/h8-9H,4-7,15H2,1-3H3,(H2,14,17). The quantitative estimate of drug-likeness (QED) is 0.703. The van der Waals surface area contributed by atoms with Crippen LogP contribution in [0, 0.1) is 0 Å². The molecule has 7 heteroatoms. The first-order chi connectivity index (χ1) is 9.12. The molecule has 0 saturated carbocycles. The van der Waals surface area contributed by atoms with Gasteiger partial charge in [0, 0.05) is 0 Å². The Labute approximate surface area is 118 Å². The third-order valence-electron chi connectivity index (χ3n) is 3.70. The third-order valence-corrected chi connectivity index (χ3v) is 3.70. The van der Waals surface area contributed by atoms with Crippen LogP contribution < -0.4 is 11.5 Å². The fraction of sp³-hybridized carbons (Fsp3) is 0.846. The molecule has 2 amide bonds. The van der Waals surface area contributed by atoms with Crippen molar-refractivity contribution < 1.29 is 19.1 Å². The zero-order valence-corrected chi connectivity index (χ0v) is 12.2. The lowest BCUT2D eigenvalue weighted by atomic mass is 9.79. The Balaban J connectivity index is 2.17. The summed E-state index contributed by atoms with van der Waals surface area (Å²) in [6, 6.07) is -0.537. The van der Waals surface area contributed by atoms with Gasteiger partial charge in [-0.25, -0.2) is 4.79 Å². The Kier molecular flexibility index (Phi) is 3.68. The van der Waals surface area contributed by atoms with E-state index in [0.29, 0.717) is 26.1 Å². The summed E-state index contributed by atoms with van der Waals surface area (Å²) in [6.07, 6.45) is 0.221. The van der Waals surface area contributed by atoms with Crippen molar-refractivity contribution in [3.8, 4) is 0 Å². The van der Waals surface area contributed by atoms with E-state index < -0.39 is 17.0 Å². The number of fused-ring (bicyclic) bond motifs is 2. The highest BCUT2D eigenvalue weighted by Gasteiger charge is 2.50. The fourth-order valence-electron chi connectivity index (χ4n) is 2.85. The van der Waals surface area contributed by atoms with E-state index in [1.165, 1.54) is 0 Å². The van der Waals surface area contributed by atoms with Gasteiger partial charge in [-0.3, -0.25) is 9.69 Å². The number of morpholine rings is 1. The first kappa shape index (κ1) is 15.1. The van der Waals surface area contributed by atoms with Gasteiger partial charge in [0.2, 0.25) is 5.91 Å². The molecular weight excluding hydrogens is 262 g/mol. The van der Waals surface area contributed by atoms with Gasteiger partial charge in [0.15, 0.2) is 0 Å².